The van der Waals surface area contributed by atoms with Crippen LogP contribution in [0.4, 0.5) is 5.69 Å². The van der Waals surface area contributed by atoms with Crippen molar-refractivity contribution in [2.75, 3.05) is 4.90 Å². The number of hydrogen-bond donors (Lipinski definition) is 1. The number of phenolic OH excluding ortho intramolecular Hbond substituents is 1. The van der Waals surface area contributed by atoms with Crippen LogP contribution in [-0.4, -0.2) is 28.5 Å². The minimum absolute atomic E-state index is 0.0563. The summed E-state index contributed by atoms with van der Waals surface area (Å²) in [7, 11) is 0. The fraction of sp³-hybridized carbons (Fsp3) is 0.226. The molecule has 3 aliphatic carbocycles. The van der Waals surface area contributed by atoms with Gasteiger partial charge in [-0.3, -0.25) is 24.1 Å². The smallest absolute Gasteiger partial charge is 0.238 e. The van der Waals surface area contributed by atoms with Crippen molar-refractivity contribution in [1.29, 1.82) is 0 Å². The third kappa shape index (κ3) is 3.47. The molecule has 0 saturated carbocycles. The summed E-state index contributed by atoms with van der Waals surface area (Å²) in [5, 5.41) is 11.2. The number of carbonyl (C=O) groups is 4. The Morgan fingerprint density at radius 2 is 1.76 bits per heavy atom. The molecule has 1 N–H and O–H groups in total. The van der Waals surface area contributed by atoms with Crippen LogP contribution in [0, 0.1) is 17.8 Å². The van der Waals surface area contributed by atoms with Crippen LogP contribution in [0.25, 0.3) is 6.08 Å². The minimum Gasteiger partial charge on any atom is -0.508 e. The summed E-state index contributed by atoms with van der Waals surface area (Å²) in [5.74, 6) is -3.67. The van der Waals surface area contributed by atoms with Crippen molar-refractivity contribution in [2.45, 2.75) is 25.7 Å². The number of Topliss-reactive ketones (excluding diaryl/α,β-unsaturated/α-hetero) is 1. The first-order valence-corrected chi connectivity index (χ1v) is 12.9. The van der Waals surface area contributed by atoms with E-state index in [9.17, 15) is 24.3 Å². The summed E-state index contributed by atoms with van der Waals surface area (Å²) in [6.07, 6.45) is 5.43. The lowest BCUT2D eigenvalue weighted by atomic mass is 9.59. The van der Waals surface area contributed by atoms with Crippen LogP contribution in [0.1, 0.15) is 36.8 Å². The van der Waals surface area contributed by atoms with Crippen molar-refractivity contribution < 1.29 is 24.3 Å². The summed E-state index contributed by atoms with van der Waals surface area (Å²) in [4.78, 5) is 55.3. The molecule has 1 saturated heterocycles. The number of phenols is 1. The average molecular weight is 526 g/mol. The topological polar surface area (TPSA) is 91.8 Å². The number of imide groups is 1. The van der Waals surface area contributed by atoms with Crippen molar-refractivity contribution in [2.24, 2.45) is 17.8 Å². The standard InChI is InChI=1S/C31H24ClNO5/c1-3-16-4-7-18(8-5-16)33-30(37)20-10-9-19-21(27(20)31(33)38)14-23-28(25(35)12-15(2)29(23)36)26(19)22-13-17(32)6-11-24(22)34/h3-9,11-13,20-21,26-27,34H,1,10,14H2,2H3/t20-,21+,26+,27-/m0/s1. The number of allylic oxidation sites excluding steroid dienone is 6. The van der Waals surface area contributed by atoms with E-state index in [-0.39, 0.29) is 35.6 Å². The molecule has 6 rings (SSSR count). The first-order chi connectivity index (χ1) is 18.2. The van der Waals surface area contributed by atoms with Crippen LogP contribution in [0.5, 0.6) is 5.75 Å². The number of halogens is 1. The van der Waals surface area contributed by atoms with Gasteiger partial charge in [0.2, 0.25) is 11.8 Å². The molecular weight excluding hydrogens is 502 g/mol. The first kappa shape index (κ1) is 24.3. The molecule has 190 valence electrons. The number of hydrogen-bond acceptors (Lipinski definition) is 5. The molecule has 1 fully saturated rings. The highest BCUT2D eigenvalue weighted by atomic mass is 35.5. The second-order valence-electron chi connectivity index (χ2n) is 10.2. The van der Waals surface area contributed by atoms with E-state index in [1.165, 1.54) is 17.0 Å². The van der Waals surface area contributed by atoms with Gasteiger partial charge in [0.1, 0.15) is 5.75 Å². The number of carbonyl (C=O) groups excluding carboxylic acids is 4. The number of nitrogens with zero attached hydrogens (tertiary/aromatic N) is 1. The maximum absolute atomic E-state index is 13.9. The Hall–Kier alpha value is -4.03. The number of fused-ring (bicyclic) bond motifs is 3. The molecule has 4 atom stereocenters. The Morgan fingerprint density at radius 3 is 2.47 bits per heavy atom. The van der Waals surface area contributed by atoms with Crippen LogP contribution >= 0.6 is 11.6 Å². The van der Waals surface area contributed by atoms with Crippen LogP contribution in [-0.2, 0) is 19.2 Å². The Morgan fingerprint density at radius 1 is 1.03 bits per heavy atom. The molecule has 38 heavy (non-hydrogen) atoms. The molecular formula is C31H24ClNO5. The van der Waals surface area contributed by atoms with Gasteiger partial charge in [-0.2, -0.15) is 0 Å². The lowest BCUT2D eigenvalue weighted by molar-refractivity contribution is -0.123. The molecule has 0 spiro atoms. The lowest BCUT2D eigenvalue weighted by Gasteiger charge is -2.42. The number of aromatic hydroxyl groups is 1. The predicted molar refractivity (Wildman–Crippen MR) is 143 cm³/mol. The van der Waals surface area contributed by atoms with Gasteiger partial charge in [-0.15, -0.1) is 0 Å². The molecule has 2 aromatic rings. The average Bonchev–Trinajstić information content (AvgIpc) is 3.17. The molecule has 6 nitrogen and oxygen atoms in total. The number of ketones is 2. The van der Waals surface area contributed by atoms with Crippen molar-refractivity contribution in [3.8, 4) is 5.75 Å². The van der Waals surface area contributed by atoms with E-state index in [0.29, 0.717) is 39.4 Å². The fourth-order valence-corrected chi connectivity index (χ4v) is 6.69. The van der Waals surface area contributed by atoms with Gasteiger partial charge in [0.15, 0.2) is 11.6 Å². The zero-order chi connectivity index (χ0) is 26.9. The highest BCUT2D eigenvalue weighted by Gasteiger charge is 2.56. The molecule has 4 aliphatic rings. The molecule has 1 aliphatic heterocycles. The van der Waals surface area contributed by atoms with Gasteiger partial charge in [0.25, 0.3) is 0 Å². The normalized spacial score (nSPS) is 26.5. The van der Waals surface area contributed by atoms with E-state index in [1.807, 2.05) is 6.08 Å². The first-order valence-electron chi connectivity index (χ1n) is 12.5. The Labute approximate surface area is 224 Å². The SMILES string of the molecule is C=Cc1ccc(N2C(=O)[C@H]3[C@H](CC=C4[C@H](c5cc(Cl)ccc5O)C5=C(C[C@H]43)C(=O)C(C)=CC5=O)C2=O)cc1. The Balaban J connectivity index is 1.49. The van der Waals surface area contributed by atoms with Crippen molar-refractivity contribution in [1.82, 2.24) is 0 Å². The van der Waals surface area contributed by atoms with E-state index in [1.54, 1.807) is 49.4 Å². The third-order valence-corrected chi connectivity index (χ3v) is 8.48. The van der Waals surface area contributed by atoms with Crippen LogP contribution in [0.15, 0.2) is 83.5 Å². The molecule has 0 aromatic heterocycles. The van der Waals surface area contributed by atoms with Crippen molar-refractivity contribution in [3.63, 3.8) is 0 Å². The second kappa shape index (κ2) is 8.77. The summed E-state index contributed by atoms with van der Waals surface area (Å²) < 4.78 is 0. The van der Waals surface area contributed by atoms with Gasteiger partial charge in [-0.1, -0.05) is 48.0 Å². The molecule has 2 amide bonds. The van der Waals surface area contributed by atoms with E-state index in [4.69, 9.17) is 11.6 Å². The molecule has 7 heteroatoms. The Bertz CT molecular complexity index is 1560. The van der Waals surface area contributed by atoms with E-state index >= 15 is 0 Å². The van der Waals surface area contributed by atoms with Crippen LogP contribution in [0.2, 0.25) is 5.02 Å². The molecule has 0 radical (unpaired) electrons. The second-order valence-corrected chi connectivity index (χ2v) is 10.7. The zero-order valence-corrected chi connectivity index (χ0v) is 21.4. The van der Waals surface area contributed by atoms with Gasteiger partial charge < -0.3 is 5.11 Å². The van der Waals surface area contributed by atoms with Gasteiger partial charge >= 0.3 is 0 Å². The summed E-state index contributed by atoms with van der Waals surface area (Å²) in [5.41, 5.74) is 3.52. The van der Waals surface area contributed by atoms with Crippen LogP contribution < -0.4 is 4.90 Å². The fourth-order valence-electron chi connectivity index (χ4n) is 6.51. The highest BCUT2D eigenvalue weighted by molar-refractivity contribution is 6.30. The predicted octanol–water partition coefficient (Wildman–Crippen LogP) is 5.32. The number of amides is 2. The molecule has 1 heterocycles. The van der Waals surface area contributed by atoms with Gasteiger partial charge in [-0.25, -0.2) is 0 Å². The van der Waals surface area contributed by atoms with Crippen LogP contribution in [0.3, 0.4) is 0 Å². The quantitative estimate of drug-likeness (QED) is 0.332. The van der Waals surface area contributed by atoms with Crippen molar-refractivity contribution >= 4 is 46.7 Å². The Kier molecular flexibility index (Phi) is 5.61. The molecule has 0 bridgehead atoms. The number of anilines is 1. The highest BCUT2D eigenvalue weighted by Crippen LogP contribution is 2.56. The van der Waals surface area contributed by atoms with Crippen molar-refractivity contribution in [3.05, 3.63) is 99.6 Å². The van der Waals surface area contributed by atoms with Gasteiger partial charge in [-0.05, 0) is 67.7 Å². The third-order valence-electron chi connectivity index (χ3n) is 8.25. The number of benzene rings is 2. The summed E-state index contributed by atoms with van der Waals surface area (Å²) >= 11 is 6.29. The van der Waals surface area contributed by atoms with E-state index < -0.39 is 23.7 Å². The lowest BCUT2D eigenvalue weighted by Crippen LogP contribution is -2.39. The maximum atomic E-state index is 13.9. The zero-order valence-electron chi connectivity index (χ0n) is 20.6. The summed E-state index contributed by atoms with van der Waals surface area (Å²) in [6, 6.07) is 11.7. The number of rotatable bonds is 3. The van der Waals surface area contributed by atoms with Gasteiger partial charge in [0.05, 0.1) is 17.5 Å². The van der Waals surface area contributed by atoms with E-state index in [2.05, 4.69) is 6.58 Å². The molecule has 0 unspecified atom stereocenters. The monoisotopic (exact) mass is 525 g/mol. The summed E-state index contributed by atoms with van der Waals surface area (Å²) in [6.45, 7) is 5.35. The van der Waals surface area contributed by atoms with E-state index in [0.717, 1.165) is 11.1 Å². The minimum atomic E-state index is -0.743. The largest absolute Gasteiger partial charge is 0.508 e. The maximum Gasteiger partial charge on any atom is 0.238 e. The molecule has 2 aromatic carbocycles. The van der Waals surface area contributed by atoms with Gasteiger partial charge in [0, 0.05) is 33.2 Å².